The van der Waals surface area contributed by atoms with Crippen LogP contribution in [-0.2, 0) is 0 Å². The Hall–Kier alpha value is -2.81. The van der Waals surface area contributed by atoms with Crippen LogP contribution in [0, 0.1) is 13.8 Å². The number of hydrogen-bond donors (Lipinski definition) is 0. The second-order valence-electron chi connectivity index (χ2n) is 5.78. The summed E-state index contributed by atoms with van der Waals surface area (Å²) in [7, 11) is 3.35. The van der Waals surface area contributed by atoms with Crippen molar-refractivity contribution in [2.45, 2.75) is 13.8 Å². The molecule has 0 amide bonds. The molecule has 0 spiro atoms. The molecule has 0 aliphatic carbocycles. The van der Waals surface area contributed by atoms with Gasteiger partial charge >= 0.3 is 0 Å². The van der Waals surface area contributed by atoms with Crippen LogP contribution in [0.4, 0.5) is 0 Å². The summed E-state index contributed by atoms with van der Waals surface area (Å²) in [5.41, 5.74) is 6.49. The molecule has 0 radical (unpaired) electrons. The average molecular weight is 319 g/mol. The maximum Gasteiger partial charge on any atom is 0.118 e. The Kier molecular flexibility index (Phi) is 4.52. The van der Waals surface area contributed by atoms with Crippen LogP contribution < -0.4 is 9.47 Å². The maximum absolute atomic E-state index is 5.24. The third-order valence-corrected chi connectivity index (χ3v) is 4.13. The molecule has 122 valence electrons. The van der Waals surface area contributed by atoms with Gasteiger partial charge < -0.3 is 9.47 Å². The lowest BCUT2D eigenvalue weighted by Crippen LogP contribution is -1.96. The predicted octanol–water partition coefficient (Wildman–Crippen LogP) is 5.05. The minimum Gasteiger partial charge on any atom is -0.497 e. The highest BCUT2D eigenvalue weighted by molar-refractivity contribution is 5.71. The molecule has 0 aliphatic rings. The zero-order valence-corrected chi connectivity index (χ0v) is 14.5. The Morgan fingerprint density at radius 2 is 1.00 bits per heavy atom. The summed E-state index contributed by atoms with van der Waals surface area (Å²) in [6.45, 7) is 4.19. The van der Waals surface area contributed by atoms with Crippen molar-refractivity contribution < 1.29 is 9.47 Å². The highest BCUT2D eigenvalue weighted by atomic mass is 16.5. The molecule has 0 saturated carbocycles. The molecule has 0 atom stereocenters. The van der Waals surface area contributed by atoms with Gasteiger partial charge in [-0.15, -0.1) is 0 Å². The first kappa shape index (κ1) is 16.1. The number of nitrogens with zero attached hydrogens (tertiary/aromatic N) is 1. The lowest BCUT2D eigenvalue weighted by Gasteiger charge is -2.12. The first-order valence-corrected chi connectivity index (χ1v) is 7.89. The Balaban J connectivity index is 2.07. The number of ether oxygens (including phenoxy) is 2. The van der Waals surface area contributed by atoms with Crippen LogP contribution in [0.15, 0.2) is 54.6 Å². The number of aryl methyl sites for hydroxylation is 2. The summed E-state index contributed by atoms with van der Waals surface area (Å²) in [6, 6.07) is 18.2. The van der Waals surface area contributed by atoms with Crippen LogP contribution in [0.3, 0.4) is 0 Å². The minimum atomic E-state index is 0.846. The molecule has 24 heavy (non-hydrogen) atoms. The van der Waals surface area contributed by atoms with Gasteiger partial charge in [-0.2, -0.15) is 0 Å². The molecule has 2 aromatic carbocycles. The first-order valence-electron chi connectivity index (χ1n) is 7.89. The van der Waals surface area contributed by atoms with Crippen molar-refractivity contribution in [3.05, 3.63) is 65.7 Å². The van der Waals surface area contributed by atoms with Crippen molar-refractivity contribution in [3.8, 4) is 34.0 Å². The number of methoxy groups -OCH3 is 2. The molecule has 0 fully saturated rings. The smallest absolute Gasteiger partial charge is 0.118 e. The van der Waals surface area contributed by atoms with Crippen LogP contribution in [0.1, 0.15) is 11.1 Å². The van der Waals surface area contributed by atoms with Gasteiger partial charge in [-0.1, -0.05) is 6.07 Å². The fourth-order valence-corrected chi connectivity index (χ4v) is 2.83. The van der Waals surface area contributed by atoms with Crippen LogP contribution in [0.25, 0.3) is 22.5 Å². The van der Waals surface area contributed by atoms with Gasteiger partial charge in [0.2, 0.25) is 0 Å². The summed E-state index contributed by atoms with van der Waals surface area (Å²) >= 11 is 0. The van der Waals surface area contributed by atoms with E-state index >= 15 is 0 Å². The second kappa shape index (κ2) is 6.75. The molecule has 3 nitrogen and oxygen atoms in total. The van der Waals surface area contributed by atoms with Crippen molar-refractivity contribution in [1.82, 2.24) is 4.98 Å². The van der Waals surface area contributed by atoms with Crippen molar-refractivity contribution in [3.63, 3.8) is 0 Å². The Bertz CT molecular complexity index is 768. The summed E-state index contributed by atoms with van der Waals surface area (Å²) in [5, 5.41) is 0. The Morgan fingerprint density at radius 1 is 0.625 bits per heavy atom. The van der Waals surface area contributed by atoms with Gasteiger partial charge in [-0.3, -0.25) is 0 Å². The molecular formula is C21H21NO2. The zero-order chi connectivity index (χ0) is 17.1. The number of hydrogen-bond acceptors (Lipinski definition) is 3. The maximum atomic E-state index is 5.24. The van der Waals surface area contributed by atoms with E-state index in [1.807, 2.05) is 48.5 Å². The minimum absolute atomic E-state index is 0.846. The largest absolute Gasteiger partial charge is 0.497 e. The Labute approximate surface area is 142 Å². The van der Waals surface area contributed by atoms with Gasteiger partial charge in [0.05, 0.1) is 25.6 Å². The van der Waals surface area contributed by atoms with Gasteiger partial charge in [0.1, 0.15) is 11.5 Å². The van der Waals surface area contributed by atoms with Crippen LogP contribution in [-0.4, -0.2) is 19.2 Å². The van der Waals surface area contributed by atoms with E-state index in [0.717, 1.165) is 45.1 Å². The van der Waals surface area contributed by atoms with Gasteiger partial charge in [0.25, 0.3) is 0 Å². The van der Waals surface area contributed by atoms with Crippen molar-refractivity contribution in [2.24, 2.45) is 0 Å². The Morgan fingerprint density at radius 3 is 1.33 bits per heavy atom. The highest BCUT2D eigenvalue weighted by Crippen LogP contribution is 2.30. The summed E-state index contributed by atoms with van der Waals surface area (Å²) in [4.78, 5) is 4.94. The standard InChI is InChI=1S/C21H21NO2/c1-14-13-15(2)21(17-7-11-19(24-4)12-8-17)22-20(14)16-5-9-18(23-3)10-6-16/h5-13H,1-4H3. The number of rotatable bonds is 4. The zero-order valence-electron chi connectivity index (χ0n) is 14.5. The molecule has 0 unspecified atom stereocenters. The predicted molar refractivity (Wildman–Crippen MR) is 97.7 cm³/mol. The summed E-state index contributed by atoms with van der Waals surface area (Å²) in [6.07, 6.45) is 0. The van der Waals surface area contributed by atoms with Crippen molar-refractivity contribution in [1.29, 1.82) is 0 Å². The molecule has 0 aliphatic heterocycles. The molecule has 1 heterocycles. The topological polar surface area (TPSA) is 31.4 Å². The van der Waals surface area contributed by atoms with Gasteiger partial charge in [0.15, 0.2) is 0 Å². The van der Waals surface area contributed by atoms with E-state index < -0.39 is 0 Å². The second-order valence-corrected chi connectivity index (χ2v) is 5.78. The van der Waals surface area contributed by atoms with Crippen molar-refractivity contribution >= 4 is 0 Å². The lowest BCUT2D eigenvalue weighted by molar-refractivity contribution is 0.415. The normalized spacial score (nSPS) is 10.5. The molecule has 0 bridgehead atoms. The quantitative estimate of drug-likeness (QED) is 0.674. The number of benzene rings is 2. The van der Waals surface area contributed by atoms with E-state index in [1.54, 1.807) is 14.2 Å². The molecule has 3 rings (SSSR count). The molecule has 0 saturated heterocycles. The van der Waals surface area contributed by atoms with E-state index in [0.29, 0.717) is 0 Å². The molecule has 3 heteroatoms. The third kappa shape index (κ3) is 3.11. The fourth-order valence-electron chi connectivity index (χ4n) is 2.83. The monoisotopic (exact) mass is 319 g/mol. The van der Waals surface area contributed by atoms with E-state index in [1.165, 1.54) is 0 Å². The van der Waals surface area contributed by atoms with Crippen LogP contribution >= 0.6 is 0 Å². The molecular weight excluding hydrogens is 298 g/mol. The molecule has 3 aromatic rings. The van der Waals surface area contributed by atoms with Crippen LogP contribution in [0.2, 0.25) is 0 Å². The molecule has 0 N–H and O–H groups in total. The van der Waals surface area contributed by atoms with Crippen LogP contribution in [0.5, 0.6) is 11.5 Å². The lowest BCUT2D eigenvalue weighted by atomic mass is 10.0. The van der Waals surface area contributed by atoms with Gasteiger partial charge in [-0.25, -0.2) is 4.98 Å². The molecule has 1 aromatic heterocycles. The van der Waals surface area contributed by atoms with E-state index in [2.05, 4.69) is 19.9 Å². The third-order valence-electron chi connectivity index (χ3n) is 4.13. The average Bonchev–Trinajstić information content (AvgIpc) is 2.62. The van der Waals surface area contributed by atoms with Gasteiger partial charge in [0, 0.05) is 11.1 Å². The van der Waals surface area contributed by atoms with Crippen molar-refractivity contribution in [2.75, 3.05) is 14.2 Å². The summed E-state index contributed by atoms with van der Waals surface area (Å²) < 4.78 is 10.5. The first-order chi connectivity index (χ1) is 11.6. The van der Waals surface area contributed by atoms with E-state index in [4.69, 9.17) is 14.5 Å². The highest BCUT2D eigenvalue weighted by Gasteiger charge is 2.11. The fraction of sp³-hybridized carbons (Fsp3) is 0.190. The van der Waals surface area contributed by atoms with E-state index in [9.17, 15) is 0 Å². The number of aromatic nitrogens is 1. The number of pyridine rings is 1. The SMILES string of the molecule is COc1ccc(-c2nc(-c3ccc(OC)cc3)c(C)cc2C)cc1. The van der Waals surface area contributed by atoms with Gasteiger partial charge in [-0.05, 0) is 73.5 Å². The van der Waals surface area contributed by atoms with E-state index in [-0.39, 0.29) is 0 Å². The summed E-state index contributed by atoms with van der Waals surface area (Å²) in [5.74, 6) is 1.69.